The minimum atomic E-state index is -0.856. The second-order valence-corrected chi connectivity index (χ2v) is 4.44. The van der Waals surface area contributed by atoms with Gasteiger partial charge < -0.3 is 15.3 Å². The van der Waals surface area contributed by atoms with Crippen LogP contribution < -0.4 is 5.32 Å². The van der Waals surface area contributed by atoms with Crippen LogP contribution in [0.15, 0.2) is 12.4 Å². The van der Waals surface area contributed by atoms with E-state index >= 15 is 0 Å². The summed E-state index contributed by atoms with van der Waals surface area (Å²) in [5.41, 5.74) is 0.515. The largest absolute Gasteiger partial charge is 0.481 e. The first kappa shape index (κ1) is 13.3. The van der Waals surface area contributed by atoms with E-state index in [2.05, 4.69) is 15.3 Å². The molecule has 2 heterocycles. The predicted molar refractivity (Wildman–Crippen MR) is 67.7 cm³/mol. The zero-order valence-corrected chi connectivity index (χ0v) is 10.7. The van der Waals surface area contributed by atoms with Gasteiger partial charge in [0.2, 0.25) is 0 Å². The van der Waals surface area contributed by atoms with Crippen molar-refractivity contribution >= 4 is 17.7 Å². The Kier molecular flexibility index (Phi) is 3.94. The van der Waals surface area contributed by atoms with Gasteiger partial charge in [-0.15, -0.1) is 0 Å². The molecule has 2 rings (SSSR count). The first-order valence-corrected chi connectivity index (χ1v) is 6.19. The Morgan fingerprint density at radius 1 is 1.47 bits per heavy atom. The molecule has 0 bridgehead atoms. The molecular weight excluding hydrogens is 248 g/mol. The summed E-state index contributed by atoms with van der Waals surface area (Å²) in [5.74, 6) is -0.611. The molecule has 0 spiro atoms. The number of aliphatic carboxylic acids is 1. The fraction of sp³-hybridized carbons (Fsp3) is 0.500. The van der Waals surface area contributed by atoms with Gasteiger partial charge in [0.1, 0.15) is 5.82 Å². The molecule has 1 unspecified atom stereocenters. The Morgan fingerprint density at radius 2 is 2.16 bits per heavy atom. The molecule has 1 aliphatic rings. The maximum atomic E-state index is 11.9. The van der Waals surface area contributed by atoms with Crippen LogP contribution in [0, 0.1) is 5.92 Å². The Morgan fingerprint density at radius 3 is 2.68 bits per heavy atom. The van der Waals surface area contributed by atoms with Crippen LogP contribution in [0.2, 0.25) is 0 Å². The van der Waals surface area contributed by atoms with Crippen LogP contribution in [-0.4, -0.2) is 45.1 Å². The quantitative estimate of drug-likeness (QED) is 0.848. The average Bonchev–Trinajstić information content (AvgIpc) is 2.89. The monoisotopic (exact) mass is 264 g/mol. The Hall–Kier alpha value is -2.18. The number of carboxylic acid groups (broad SMARTS) is 1. The fourth-order valence-corrected chi connectivity index (χ4v) is 1.95. The van der Waals surface area contributed by atoms with Gasteiger partial charge in [0.05, 0.1) is 24.0 Å². The lowest BCUT2D eigenvalue weighted by atomic mass is 10.1. The molecule has 1 saturated heterocycles. The molecule has 102 valence electrons. The topological polar surface area (TPSA) is 95.4 Å². The molecule has 7 heteroatoms. The van der Waals surface area contributed by atoms with E-state index in [1.807, 2.05) is 6.92 Å². The molecule has 1 atom stereocenters. The third kappa shape index (κ3) is 3.18. The minimum Gasteiger partial charge on any atom is -0.481 e. The van der Waals surface area contributed by atoms with Crippen LogP contribution in [0.25, 0.3) is 0 Å². The summed E-state index contributed by atoms with van der Waals surface area (Å²) in [4.78, 5) is 32.4. The first-order chi connectivity index (χ1) is 9.10. The van der Waals surface area contributed by atoms with Crippen molar-refractivity contribution in [3.63, 3.8) is 0 Å². The number of anilines is 1. The van der Waals surface area contributed by atoms with Gasteiger partial charge in [0.15, 0.2) is 0 Å². The van der Waals surface area contributed by atoms with E-state index in [1.165, 1.54) is 4.90 Å². The zero-order chi connectivity index (χ0) is 13.8. The van der Waals surface area contributed by atoms with Crippen LogP contribution in [0.5, 0.6) is 0 Å². The van der Waals surface area contributed by atoms with Gasteiger partial charge >= 0.3 is 12.0 Å². The SMILES string of the molecule is CCc1ncc(NC(=O)N2CCC(C(=O)O)C2)cn1. The molecule has 2 amide bonds. The van der Waals surface area contributed by atoms with Crippen molar-refractivity contribution in [1.29, 1.82) is 0 Å². The van der Waals surface area contributed by atoms with E-state index in [4.69, 9.17) is 5.11 Å². The lowest BCUT2D eigenvalue weighted by molar-refractivity contribution is -0.141. The molecule has 1 aliphatic heterocycles. The second-order valence-electron chi connectivity index (χ2n) is 4.44. The normalized spacial score (nSPS) is 18.4. The van der Waals surface area contributed by atoms with E-state index < -0.39 is 11.9 Å². The maximum Gasteiger partial charge on any atom is 0.321 e. The number of hydrogen-bond donors (Lipinski definition) is 2. The van der Waals surface area contributed by atoms with Crippen molar-refractivity contribution in [1.82, 2.24) is 14.9 Å². The van der Waals surface area contributed by atoms with E-state index in [-0.39, 0.29) is 12.6 Å². The Labute approximate surface area is 110 Å². The van der Waals surface area contributed by atoms with Crippen LogP contribution in [0.3, 0.4) is 0 Å². The summed E-state index contributed by atoms with van der Waals surface area (Å²) < 4.78 is 0. The number of carbonyl (C=O) groups excluding carboxylic acids is 1. The number of aryl methyl sites for hydroxylation is 1. The third-order valence-electron chi connectivity index (χ3n) is 3.10. The van der Waals surface area contributed by atoms with E-state index in [0.29, 0.717) is 24.5 Å². The Bertz CT molecular complexity index is 474. The molecule has 1 fully saturated rings. The van der Waals surface area contributed by atoms with Crippen molar-refractivity contribution in [2.45, 2.75) is 19.8 Å². The number of carbonyl (C=O) groups is 2. The fourth-order valence-electron chi connectivity index (χ4n) is 1.95. The zero-order valence-electron chi connectivity index (χ0n) is 10.7. The van der Waals surface area contributed by atoms with Crippen molar-refractivity contribution in [3.05, 3.63) is 18.2 Å². The van der Waals surface area contributed by atoms with E-state index in [9.17, 15) is 9.59 Å². The highest BCUT2D eigenvalue weighted by Crippen LogP contribution is 2.17. The van der Waals surface area contributed by atoms with Gasteiger partial charge in [0.25, 0.3) is 0 Å². The molecule has 0 aromatic carbocycles. The lowest BCUT2D eigenvalue weighted by Crippen LogP contribution is -2.33. The minimum absolute atomic E-state index is 0.245. The highest BCUT2D eigenvalue weighted by molar-refractivity contribution is 5.89. The average molecular weight is 264 g/mol. The van der Waals surface area contributed by atoms with Gasteiger partial charge in [-0.1, -0.05) is 6.92 Å². The summed E-state index contributed by atoms with van der Waals surface area (Å²) in [5, 5.41) is 11.5. The number of urea groups is 1. The molecule has 1 aromatic rings. The molecule has 0 aliphatic carbocycles. The predicted octanol–water partition coefficient (Wildman–Crippen LogP) is 0.977. The summed E-state index contributed by atoms with van der Waals surface area (Å²) in [6.07, 6.45) is 4.33. The summed E-state index contributed by atoms with van der Waals surface area (Å²) in [6.45, 7) is 2.65. The number of amides is 2. The molecule has 0 saturated carbocycles. The molecule has 0 radical (unpaired) electrons. The van der Waals surface area contributed by atoms with Crippen LogP contribution in [-0.2, 0) is 11.2 Å². The van der Waals surface area contributed by atoms with Crippen LogP contribution >= 0.6 is 0 Å². The van der Waals surface area contributed by atoms with Gasteiger partial charge in [-0.3, -0.25) is 4.79 Å². The van der Waals surface area contributed by atoms with E-state index in [1.54, 1.807) is 12.4 Å². The standard InChI is InChI=1S/C12H16N4O3/c1-2-10-13-5-9(6-14-10)15-12(19)16-4-3-8(7-16)11(17)18/h5-6,8H,2-4,7H2,1H3,(H,15,19)(H,17,18). The summed E-state index contributed by atoms with van der Waals surface area (Å²) in [6, 6.07) is -0.309. The van der Waals surface area contributed by atoms with Crippen molar-refractivity contribution < 1.29 is 14.7 Å². The highest BCUT2D eigenvalue weighted by Gasteiger charge is 2.30. The van der Waals surface area contributed by atoms with Crippen LogP contribution in [0.1, 0.15) is 19.2 Å². The van der Waals surface area contributed by atoms with Crippen molar-refractivity contribution in [3.8, 4) is 0 Å². The molecular formula is C12H16N4O3. The van der Waals surface area contributed by atoms with Gasteiger partial charge in [-0.2, -0.15) is 0 Å². The smallest absolute Gasteiger partial charge is 0.321 e. The van der Waals surface area contributed by atoms with E-state index in [0.717, 1.165) is 6.42 Å². The molecule has 1 aromatic heterocycles. The van der Waals surface area contributed by atoms with Gasteiger partial charge in [-0.25, -0.2) is 14.8 Å². The number of aromatic nitrogens is 2. The lowest BCUT2D eigenvalue weighted by Gasteiger charge is -2.16. The number of carboxylic acids is 1. The van der Waals surface area contributed by atoms with Crippen molar-refractivity contribution in [2.75, 3.05) is 18.4 Å². The third-order valence-corrected chi connectivity index (χ3v) is 3.10. The van der Waals surface area contributed by atoms with Gasteiger partial charge in [0, 0.05) is 19.5 Å². The molecule has 7 nitrogen and oxygen atoms in total. The van der Waals surface area contributed by atoms with Gasteiger partial charge in [-0.05, 0) is 6.42 Å². The number of nitrogens with one attached hydrogen (secondary N) is 1. The highest BCUT2D eigenvalue weighted by atomic mass is 16.4. The number of nitrogens with zero attached hydrogens (tertiary/aromatic N) is 3. The number of rotatable bonds is 3. The Balaban J connectivity index is 1.92. The molecule has 2 N–H and O–H groups in total. The summed E-state index contributed by atoms with van der Waals surface area (Å²) in [7, 11) is 0. The maximum absolute atomic E-state index is 11.9. The summed E-state index contributed by atoms with van der Waals surface area (Å²) >= 11 is 0. The molecule has 19 heavy (non-hydrogen) atoms. The number of likely N-dealkylation sites (tertiary alicyclic amines) is 1. The second kappa shape index (κ2) is 5.64. The number of hydrogen-bond acceptors (Lipinski definition) is 4. The van der Waals surface area contributed by atoms with Crippen molar-refractivity contribution in [2.24, 2.45) is 5.92 Å². The first-order valence-electron chi connectivity index (χ1n) is 6.19. The van der Waals surface area contributed by atoms with Crippen LogP contribution in [0.4, 0.5) is 10.5 Å².